The summed E-state index contributed by atoms with van der Waals surface area (Å²) in [6.07, 6.45) is 5.98. The Bertz CT molecular complexity index is 279. The number of aliphatic hydroxyl groups is 1. The third kappa shape index (κ3) is 2.33. The standard InChI is InChI=1S/C10H16N2O2/c13-7-10-4-11-12(6-10)5-9-2-1-3-14-8-9/h4,6,9,13H,1-3,5,7-8H2/t9-/m1/s1. The molecule has 1 aliphatic heterocycles. The van der Waals surface area contributed by atoms with E-state index in [9.17, 15) is 0 Å². The number of hydrogen-bond donors (Lipinski definition) is 1. The maximum Gasteiger partial charge on any atom is 0.0712 e. The fraction of sp³-hybridized carbons (Fsp3) is 0.700. The van der Waals surface area contributed by atoms with Gasteiger partial charge in [-0.2, -0.15) is 5.10 Å². The topological polar surface area (TPSA) is 47.3 Å². The Kier molecular flexibility index (Phi) is 3.16. The average molecular weight is 196 g/mol. The quantitative estimate of drug-likeness (QED) is 0.778. The Morgan fingerprint density at radius 3 is 3.21 bits per heavy atom. The first-order valence-electron chi connectivity index (χ1n) is 5.08. The predicted molar refractivity (Wildman–Crippen MR) is 51.7 cm³/mol. The van der Waals surface area contributed by atoms with Gasteiger partial charge < -0.3 is 9.84 Å². The molecular weight excluding hydrogens is 180 g/mol. The highest BCUT2D eigenvalue weighted by Crippen LogP contribution is 2.15. The number of aliphatic hydroxyl groups excluding tert-OH is 1. The van der Waals surface area contributed by atoms with Crippen molar-refractivity contribution in [2.45, 2.75) is 26.0 Å². The summed E-state index contributed by atoms with van der Waals surface area (Å²) in [4.78, 5) is 0. The molecule has 0 bridgehead atoms. The molecule has 4 heteroatoms. The number of nitrogens with zero attached hydrogens (tertiary/aromatic N) is 2. The Morgan fingerprint density at radius 2 is 2.57 bits per heavy atom. The van der Waals surface area contributed by atoms with Gasteiger partial charge in [0.25, 0.3) is 0 Å². The smallest absolute Gasteiger partial charge is 0.0712 e. The Labute approximate surface area is 83.5 Å². The molecule has 78 valence electrons. The molecule has 1 saturated heterocycles. The molecule has 0 amide bonds. The van der Waals surface area contributed by atoms with Gasteiger partial charge in [0, 0.05) is 30.8 Å². The minimum atomic E-state index is 0.0706. The van der Waals surface area contributed by atoms with Crippen molar-refractivity contribution in [3.63, 3.8) is 0 Å². The zero-order valence-electron chi connectivity index (χ0n) is 8.22. The van der Waals surface area contributed by atoms with Crippen LogP contribution in [0.15, 0.2) is 12.4 Å². The van der Waals surface area contributed by atoms with Crippen molar-refractivity contribution in [3.8, 4) is 0 Å². The van der Waals surface area contributed by atoms with Gasteiger partial charge in [0.05, 0.1) is 19.4 Å². The van der Waals surface area contributed by atoms with Gasteiger partial charge in [-0.3, -0.25) is 4.68 Å². The van der Waals surface area contributed by atoms with E-state index in [1.54, 1.807) is 6.20 Å². The number of hydrogen-bond acceptors (Lipinski definition) is 3. The number of rotatable bonds is 3. The lowest BCUT2D eigenvalue weighted by Crippen LogP contribution is -2.22. The molecule has 4 nitrogen and oxygen atoms in total. The fourth-order valence-corrected chi connectivity index (χ4v) is 1.80. The Morgan fingerprint density at radius 1 is 1.64 bits per heavy atom. The molecule has 1 aromatic heterocycles. The second-order valence-electron chi connectivity index (χ2n) is 3.81. The normalized spacial score (nSPS) is 22.5. The Balaban J connectivity index is 1.89. The van der Waals surface area contributed by atoms with Gasteiger partial charge in [0.1, 0.15) is 0 Å². The van der Waals surface area contributed by atoms with E-state index in [-0.39, 0.29) is 6.61 Å². The molecule has 1 aromatic rings. The van der Waals surface area contributed by atoms with E-state index < -0.39 is 0 Å². The summed E-state index contributed by atoms with van der Waals surface area (Å²) in [5.41, 5.74) is 0.877. The summed E-state index contributed by atoms with van der Waals surface area (Å²) in [6, 6.07) is 0. The average Bonchev–Trinajstić information content (AvgIpc) is 2.67. The van der Waals surface area contributed by atoms with Gasteiger partial charge in [-0.1, -0.05) is 0 Å². The summed E-state index contributed by atoms with van der Waals surface area (Å²) < 4.78 is 7.29. The Hall–Kier alpha value is -0.870. The summed E-state index contributed by atoms with van der Waals surface area (Å²) in [7, 11) is 0. The molecule has 1 N–H and O–H groups in total. The first-order valence-corrected chi connectivity index (χ1v) is 5.08. The molecule has 0 saturated carbocycles. The summed E-state index contributed by atoms with van der Waals surface area (Å²) in [5.74, 6) is 0.579. The van der Waals surface area contributed by atoms with Crippen molar-refractivity contribution in [3.05, 3.63) is 18.0 Å². The van der Waals surface area contributed by atoms with Crippen LogP contribution in [-0.4, -0.2) is 28.1 Å². The second kappa shape index (κ2) is 4.57. The molecule has 0 spiro atoms. The molecule has 2 rings (SSSR count). The predicted octanol–water partition coefficient (Wildman–Crippen LogP) is 0.802. The first-order chi connectivity index (χ1) is 6.88. The fourth-order valence-electron chi connectivity index (χ4n) is 1.80. The SMILES string of the molecule is OCc1cnn(C[C@H]2CCCOC2)c1. The molecule has 1 fully saturated rings. The maximum atomic E-state index is 8.88. The molecule has 1 aliphatic rings. The maximum absolute atomic E-state index is 8.88. The number of aromatic nitrogens is 2. The van der Waals surface area contributed by atoms with E-state index in [0.717, 1.165) is 31.7 Å². The van der Waals surface area contributed by atoms with E-state index in [1.165, 1.54) is 6.42 Å². The minimum Gasteiger partial charge on any atom is -0.392 e. The highest BCUT2D eigenvalue weighted by molar-refractivity contribution is 5.01. The molecule has 14 heavy (non-hydrogen) atoms. The molecule has 2 heterocycles. The van der Waals surface area contributed by atoms with Crippen molar-refractivity contribution >= 4 is 0 Å². The van der Waals surface area contributed by atoms with Crippen LogP contribution in [0.4, 0.5) is 0 Å². The van der Waals surface area contributed by atoms with Crippen molar-refractivity contribution in [1.82, 2.24) is 9.78 Å². The van der Waals surface area contributed by atoms with Gasteiger partial charge >= 0.3 is 0 Å². The summed E-state index contributed by atoms with van der Waals surface area (Å²) in [6.45, 7) is 2.72. The lowest BCUT2D eigenvalue weighted by molar-refractivity contribution is 0.0470. The summed E-state index contributed by atoms with van der Waals surface area (Å²) >= 11 is 0. The third-order valence-corrected chi connectivity index (χ3v) is 2.57. The van der Waals surface area contributed by atoms with Crippen LogP contribution in [0.1, 0.15) is 18.4 Å². The van der Waals surface area contributed by atoms with E-state index in [0.29, 0.717) is 5.92 Å². The van der Waals surface area contributed by atoms with Gasteiger partial charge in [0.15, 0.2) is 0 Å². The molecule has 0 radical (unpaired) electrons. The highest BCUT2D eigenvalue weighted by atomic mass is 16.5. The van der Waals surface area contributed by atoms with Crippen LogP contribution >= 0.6 is 0 Å². The first kappa shape index (κ1) is 9.68. The molecule has 0 aliphatic carbocycles. The van der Waals surface area contributed by atoms with Gasteiger partial charge in [-0.05, 0) is 12.8 Å². The minimum absolute atomic E-state index is 0.0706. The lowest BCUT2D eigenvalue weighted by atomic mass is 10.0. The van der Waals surface area contributed by atoms with E-state index in [2.05, 4.69) is 5.10 Å². The van der Waals surface area contributed by atoms with Crippen LogP contribution < -0.4 is 0 Å². The highest BCUT2D eigenvalue weighted by Gasteiger charge is 2.14. The zero-order valence-corrected chi connectivity index (χ0v) is 8.22. The van der Waals surface area contributed by atoms with Crippen LogP contribution in [0.3, 0.4) is 0 Å². The van der Waals surface area contributed by atoms with Crippen molar-refractivity contribution < 1.29 is 9.84 Å². The van der Waals surface area contributed by atoms with Gasteiger partial charge in [0.2, 0.25) is 0 Å². The van der Waals surface area contributed by atoms with E-state index >= 15 is 0 Å². The van der Waals surface area contributed by atoms with Crippen LogP contribution in [0, 0.1) is 5.92 Å². The van der Waals surface area contributed by atoms with Gasteiger partial charge in [-0.25, -0.2) is 0 Å². The van der Waals surface area contributed by atoms with Gasteiger partial charge in [-0.15, -0.1) is 0 Å². The largest absolute Gasteiger partial charge is 0.392 e. The van der Waals surface area contributed by atoms with E-state index in [4.69, 9.17) is 9.84 Å². The van der Waals surface area contributed by atoms with Crippen molar-refractivity contribution in [1.29, 1.82) is 0 Å². The van der Waals surface area contributed by atoms with Crippen LogP contribution in [0.2, 0.25) is 0 Å². The number of ether oxygens (including phenoxy) is 1. The molecule has 0 aromatic carbocycles. The zero-order chi connectivity index (χ0) is 9.80. The molecule has 0 unspecified atom stereocenters. The third-order valence-electron chi connectivity index (χ3n) is 2.57. The summed E-state index contributed by atoms with van der Waals surface area (Å²) in [5, 5.41) is 13.1. The molecular formula is C10H16N2O2. The van der Waals surface area contributed by atoms with Crippen LogP contribution in [0.5, 0.6) is 0 Å². The monoisotopic (exact) mass is 196 g/mol. The van der Waals surface area contributed by atoms with E-state index in [1.807, 2.05) is 10.9 Å². The molecule has 1 atom stereocenters. The van der Waals surface area contributed by atoms with Crippen LogP contribution in [0.25, 0.3) is 0 Å². The lowest BCUT2D eigenvalue weighted by Gasteiger charge is -2.21. The second-order valence-corrected chi connectivity index (χ2v) is 3.81. The van der Waals surface area contributed by atoms with Crippen LogP contribution in [-0.2, 0) is 17.9 Å². The van der Waals surface area contributed by atoms with Crippen molar-refractivity contribution in [2.24, 2.45) is 5.92 Å². The van der Waals surface area contributed by atoms with Crippen molar-refractivity contribution in [2.75, 3.05) is 13.2 Å².